The summed E-state index contributed by atoms with van der Waals surface area (Å²) in [6, 6.07) is 2.48. The molecule has 0 spiro atoms. The van der Waals surface area contributed by atoms with Crippen molar-refractivity contribution in [2.45, 2.75) is 63.1 Å². The van der Waals surface area contributed by atoms with Crippen molar-refractivity contribution >= 4 is 23.5 Å². The predicted molar refractivity (Wildman–Crippen MR) is 91.7 cm³/mol. The number of nitrogens with two attached hydrogens (primary N) is 1. The third kappa shape index (κ3) is 3.74. The maximum Gasteiger partial charge on any atom is 0.0624 e. The molecule has 1 saturated heterocycles. The van der Waals surface area contributed by atoms with Gasteiger partial charge >= 0.3 is 0 Å². The van der Waals surface area contributed by atoms with E-state index < -0.39 is 0 Å². The summed E-state index contributed by atoms with van der Waals surface area (Å²) in [4.78, 5) is 0. The summed E-state index contributed by atoms with van der Waals surface area (Å²) >= 11 is 4.18. The molecule has 20 heavy (non-hydrogen) atoms. The lowest BCUT2D eigenvalue weighted by Crippen LogP contribution is -2.43. The Morgan fingerprint density at radius 2 is 2.10 bits per heavy atom. The molecule has 1 aliphatic rings. The van der Waals surface area contributed by atoms with Crippen LogP contribution in [0, 0.1) is 0 Å². The molecule has 2 N–H and O–H groups in total. The van der Waals surface area contributed by atoms with Gasteiger partial charge in [-0.1, -0.05) is 13.8 Å². The summed E-state index contributed by atoms with van der Waals surface area (Å²) < 4.78 is 2.13. The van der Waals surface area contributed by atoms with Gasteiger partial charge in [-0.15, -0.1) is 0 Å². The van der Waals surface area contributed by atoms with E-state index in [1.54, 1.807) is 0 Å². The van der Waals surface area contributed by atoms with E-state index in [0.717, 1.165) is 19.4 Å². The van der Waals surface area contributed by atoms with Crippen molar-refractivity contribution in [2.24, 2.45) is 5.73 Å². The molecule has 0 aliphatic carbocycles. The Bertz CT molecular complexity index is 419. The van der Waals surface area contributed by atoms with Crippen molar-refractivity contribution in [1.82, 2.24) is 9.78 Å². The Morgan fingerprint density at radius 3 is 2.75 bits per heavy atom. The van der Waals surface area contributed by atoms with Gasteiger partial charge < -0.3 is 5.73 Å². The SMILES string of the molecule is CCc1cc(CC(N)C2SCCSC2CC)n(CC)n1. The first-order valence-corrected chi connectivity index (χ1v) is 9.83. The molecule has 1 aliphatic heterocycles. The Balaban J connectivity index is 2.06. The highest BCUT2D eigenvalue weighted by molar-refractivity contribution is 8.07. The van der Waals surface area contributed by atoms with Crippen LogP contribution in [0.1, 0.15) is 38.6 Å². The highest BCUT2D eigenvalue weighted by atomic mass is 32.2. The van der Waals surface area contributed by atoms with Gasteiger partial charge in [-0.25, -0.2) is 0 Å². The largest absolute Gasteiger partial charge is 0.326 e. The van der Waals surface area contributed by atoms with Gasteiger partial charge in [0, 0.05) is 46.7 Å². The summed E-state index contributed by atoms with van der Waals surface area (Å²) in [6.07, 6.45) is 3.18. The summed E-state index contributed by atoms with van der Waals surface area (Å²) in [5.74, 6) is 2.52. The predicted octanol–water partition coefficient (Wildman–Crippen LogP) is 2.96. The van der Waals surface area contributed by atoms with Crippen LogP contribution in [0.25, 0.3) is 0 Å². The summed E-state index contributed by atoms with van der Waals surface area (Å²) in [5.41, 5.74) is 9.04. The average Bonchev–Trinajstić information content (AvgIpc) is 2.89. The Labute approximate surface area is 131 Å². The van der Waals surface area contributed by atoms with Crippen molar-refractivity contribution in [3.8, 4) is 0 Å². The zero-order chi connectivity index (χ0) is 14.5. The molecule has 0 amide bonds. The molecule has 0 aromatic carbocycles. The van der Waals surface area contributed by atoms with Crippen LogP contribution in [-0.4, -0.2) is 37.8 Å². The van der Waals surface area contributed by atoms with E-state index in [1.165, 1.54) is 29.3 Å². The molecule has 0 radical (unpaired) electrons. The van der Waals surface area contributed by atoms with E-state index in [-0.39, 0.29) is 6.04 Å². The zero-order valence-electron chi connectivity index (χ0n) is 12.8. The van der Waals surface area contributed by atoms with Crippen molar-refractivity contribution < 1.29 is 0 Å². The van der Waals surface area contributed by atoms with Gasteiger partial charge in [-0.05, 0) is 25.8 Å². The van der Waals surface area contributed by atoms with E-state index in [2.05, 4.69) is 60.1 Å². The Hall–Kier alpha value is -0.130. The summed E-state index contributed by atoms with van der Waals surface area (Å²) in [6.45, 7) is 7.54. The minimum atomic E-state index is 0.240. The highest BCUT2D eigenvalue weighted by Crippen LogP contribution is 2.35. The average molecular weight is 314 g/mol. The lowest BCUT2D eigenvalue weighted by molar-refractivity contribution is 0.549. The van der Waals surface area contributed by atoms with Gasteiger partial charge in [0.05, 0.1) is 5.69 Å². The molecule has 2 heterocycles. The standard InChI is InChI=1S/C15H27N3S2/c1-4-11-9-12(18(6-3)17-11)10-13(16)15-14(5-2)19-7-8-20-15/h9,13-15H,4-8,10,16H2,1-3H3. The topological polar surface area (TPSA) is 43.8 Å². The van der Waals surface area contributed by atoms with Crippen molar-refractivity contribution in [3.63, 3.8) is 0 Å². The van der Waals surface area contributed by atoms with Crippen LogP contribution < -0.4 is 5.73 Å². The first-order valence-electron chi connectivity index (χ1n) is 7.73. The molecule has 0 saturated carbocycles. The van der Waals surface area contributed by atoms with Crippen molar-refractivity contribution in [1.29, 1.82) is 0 Å². The Kier molecular flexibility index (Phi) is 6.30. The summed E-state index contributed by atoms with van der Waals surface area (Å²) in [5, 5.41) is 5.94. The van der Waals surface area contributed by atoms with Crippen LogP contribution in [-0.2, 0) is 19.4 Å². The Morgan fingerprint density at radius 1 is 1.35 bits per heavy atom. The first-order chi connectivity index (χ1) is 9.69. The summed E-state index contributed by atoms with van der Waals surface area (Å²) in [7, 11) is 0. The van der Waals surface area contributed by atoms with E-state index in [9.17, 15) is 0 Å². The second-order valence-electron chi connectivity index (χ2n) is 5.32. The molecule has 3 atom stereocenters. The molecule has 1 aromatic heterocycles. The molecule has 1 fully saturated rings. The molecular weight excluding hydrogens is 286 g/mol. The van der Waals surface area contributed by atoms with E-state index in [1.807, 2.05) is 0 Å². The minimum absolute atomic E-state index is 0.240. The number of thioether (sulfide) groups is 2. The normalized spacial score (nSPS) is 24.8. The molecule has 2 rings (SSSR count). The smallest absolute Gasteiger partial charge is 0.0624 e. The number of aryl methyl sites for hydroxylation is 2. The fourth-order valence-corrected chi connectivity index (χ4v) is 6.01. The van der Waals surface area contributed by atoms with Gasteiger partial charge in [0.25, 0.3) is 0 Å². The van der Waals surface area contributed by atoms with E-state index in [4.69, 9.17) is 5.73 Å². The number of hydrogen-bond donors (Lipinski definition) is 1. The van der Waals surface area contributed by atoms with Crippen molar-refractivity contribution in [2.75, 3.05) is 11.5 Å². The van der Waals surface area contributed by atoms with Crippen LogP contribution in [0.4, 0.5) is 0 Å². The third-order valence-corrected chi connectivity index (χ3v) is 7.36. The number of nitrogens with zero attached hydrogens (tertiary/aromatic N) is 2. The molecule has 3 nitrogen and oxygen atoms in total. The van der Waals surface area contributed by atoms with E-state index >= 15 is 0 Å². The van der Waals surface area contributed by atoms with Gasteiger partial charge in [0.2, 0.25) is 0 Å². The fourth-order valence-electron chi connectivity index (χ4n) is 2.82. The maximum atomic E-state index is 6.55. The highest BCUT2D eigenvalue weighted by Gasteiger charge is 2.30. The van der Waals surface area contributed by atoms with Gasteiger partial charge in [0.1, 0.15) is 0 Å². The monoisotopic (exact) mass is 313 g/mol. The second kappa shape index (κ2) is 7.76. The zero-order valence-corrected chi connectivity index (χ0v) is 14.5. The van der Waals surface area contributed by atoms with Gasteiger partial charge in [0.15, 0.2) is 0 Å². The lowest BCUT2D eigenvalue weighted by atomic mass is 10.0. The third-order valence-electron chi connectivity index (χ3n) is 3.94. The van der Waals surface area contributed by atoms with Crippen LogP contribution >= 0.6 is 23.5 Å². The number of aromatic nitrogens is 2. The molecule has 3 unspecified atom stereocenters. The number of rotatable bonds is 6. The van der Waals surface area contributed by atoms with Crippen LogP contribution in [0.5, 0.6) is 0 Å². The second-order valence-corrected chi connectivity index (χ2v) is 7.95. The van der Waals surface area contributed by atoms with Crippen LogP contribution in [0.2, 0.25) is 0 Å². The van der Waals surface area contributed by atoms with E-state index in [0.29, 0.717) is 10.5 Å². The number of hydrogen-bond acceptors (Lipinski definition) is 4. The minimum Gasteiger partial charge on any atom is -0.326 e. The van der Waals surface area contributed by atoms with Crippen LogP contribution in [0.15, 0.2) is 6.07 Å². The maximum absolute atomic E-state index is 6.55. The quantitative estimate of drug-likeness (QED) is 0.877. The van der Waals surface area contributed by atoms with Crippen molar-refractivity contribution in [3.05, 3.63) is 17.5 Å². The first kappa shape index (κ1) is 16.2. The molecule has 0 bridgehead atoms. The van der Waals surface area contributed by atoms with Gasteiger partial charge in [-0.3, -0.25) is 4.68 Å². The van der Waals surface area contributed by atoms with Gasteiger partial charge in [-0.2, -0.15) is 28.6 Å². The fraction of sp³-hybridized carbons (Fsp3) is 0.800. The molecular formula is C15H27N3S2. The lowest BCUT2D eigenvalue weighted by Gasteiger charge is -2.34. The van der Waals surface area contributed by atoms with Crippen LogP contribution in [0.3, 0.4) is 0 Å². The molecule has 114 valence electrons. The molecule has 1 aromatic rings. The molecule has 5 heteroatoms.